The molecule has 0 bridgehead atoms. The van der Waals surface area contributed by atoms with Crippen LogP contribution in [0, 0.1) is 18.3 Å². The summed E-state index contributed by atoms with van der Waals surface area (Å²) in [5.74, 6) is 0.767. The van der Waals surface area contributed by atoms with Crippen LogP contribution in [-0.2, 0) is 0 Å². The number of hydrogen-bond acceptors (Lipinski definition) is 3. The second kappa shape index (κ2) is 3.92. The summed E-state index contributed by atoms with van der Waals surface area (Å²) < 4.78 is 5.12. The Bertz CT molecular complexity index is 341. The maximum Gasteiger partial charge on any atom is 0.122 e. The zero-order valence-electron chi connectivity index (χ0n) is 7.74. The molecule has 0 heterocycles. The van der Waals surface area contributed by atoms with Gasteiger partial charge in [0.15, 0.2) is 0 Å². The van der Waals surface area contributed by atoms with Gasteiger partial charge < -0.3 is 10.5 Å². The van der Waals surface area contributed by atoms with Gasteiger partial charge in [0.05, 0.1) is 13.2 Å². The van der Waals surface area contributed by atoms with E-state index in [9.17, 15) is 0 Å². The fraction of sp³-hybridized carbons (Fsp3) is 0.300. The van der Waals surface area contributed by atoms with Crippen LogP contribution in [0.25, 0.3) is 0 Å². The third kappa shape index (κ3) is 1.98. The number of nitrogens with zero attached hydrogens (tertiary/aromatic N) is 1. The third-order valence-electron chi connectivity index (χ3n) is 1.93. The third-order valence-corrected chi connectivity index (χ3v) is 1.93. The van der Waals surface area contributed by atoms with E-state index in [1.807, 2.05) is 25.1 Å². The predicted molar refractivity (Wildman–Crippen MR) is 50.3 cm³/mol. The molecule has 0 aliphatic rings. The Balaban J connectivity index is 3.08. The fourth-order valence-electron chi connectivity index (χ4n) is 1.10. The first-order valence-electron chi connectivity index (χ1n) is 3.98. The van der Waals surface area contributed by atoms with Crippen LogP contribution in [0.3, 0.4) is 0 Å². The molecule has 0 saturated carbocycles. The minimum absolute atomic E-state index is 0.575. The summed E-state index contributed by atoms with van der Waals surface area (Å²) in [5, 5.41) is 8.61. The van der Waals surface area contributed by atoms with Gasteiger partial charge in [-0.2, -0.15) is 5.26 Å². The van der Waals surface area contributed by atoms with Gasteiger partial charge in [-0.1, -0.05) is 12.1 Å². The molecule has 0 aromatic heterocycles. The van der Waals surface area contributed by atoms with Gasteiger partial charge in [0, 0.05) is 0 Å². The van der Waals surface area contributed by atoms with Crippen LogP contribution in [0.1, 0.15) is 17.2 Å². The molecule has 0 fully saturated rings. The smallest absolute Gasteiger partial charge is 0.122 e. The standard InChI is InChI=1S/C10H12N2O/c1-7-3-4-8(9(12)6-11)5-10(7)13-2/h3-5,9H,12H2,1-2H3. The normalized spacial score (nSPS) is 11.8. The molecule has 1 aromatic rings. The summed E-state index contributed by atoms with van der Waals surface area (Å²) in [4.78, 5) is 0. The van der Waals surface area contributed by atoms with Gasteiger partial charge in [-0.3, -0.25) is 0 Å². The van der Waals surface area contributed by atoms with Crippen LogP contribution in [0.15, 0.2) is 18.2 Å². The molecular formula is C10H12N2O. The summed E-state index contributed by atoms with van der Waals surface area (Å²) in [6.45, 7) is 1.94. The predicted octanol–water partition coefficient (Wildman–Crippen LogP) is 1.53. The molecule has 0 aliphatic heterocycles. The number of benzene rings is 1. The Kier molecular flexibility index (Phi) is 2.88. The Labute approximate surface area is 77.7 Å². The average molecular weight is 176 g/mol. The van der Waals surface area contributed by atoms with Gasteiger partial charge in [0.25, 0.3) is 0 Å². The molecule has 1 unspecified atom stereocenters. The first-order chi connectivity index (χ1) is 6.19. The lowest BCUT2D eigenvalue weighted by atomic mass is 10.1. The van der Waals surface area contributed by atoms with Gasteiger partial charge in [0.2, 0.25) is 0 Å². The summed E-state index contributed by atoms with van der Waals surface area (Å²) in [5.41, 5.74) is 7.37. The quantitative estimate of drug-likeness (QED) is 0.743. The molecule has 2 N–H and O–H groups in total. The number of nitrogens with two attached hydrogens (primary N) is 1. The second-order valence-corrected chi connectivity index (χ2v) is 2.84. The molecule has 3 nitrogen and oxygen atoms in total. The number of nitriles is 1. The zero-order chi connectivity index (χ0) is 9.84. The lowest BCUT2D eigenvalue weighted by Crippen LogP contribution is -2.07. The van der Waals surface area contributed by atoms with Crippen molar-refractivity contribution in [1.29, 1.82) is 5.26 Å². The van der Waals surface area contributed by atoms with Crippen LogP contribution in [0.2, 0.25) is 0 Å². The average Bonchev–Trinajstić information content (AvgIpc) is 2.17. The van der Waals surface area contributed by atoms with Crippen molar-refractivity contribution in [2.24, 2.45) is 5.73 Å². The summed E-state index contributed by atoms with van der Waals surface area (Å²) in [6, 6.07) is 6.93. The number of ether oxygens (including phenoxy) is 1. The Morgan fingerprint density at radius 1 is 1.54 bits per heavy atom. The van der Waals surface area contributed by atoms with E-state index in [0.717, 1.165) is 16.9 Å². The lowest BCUT2D eigenvalue weighted by molar-refractivity contribution is 0.411. The van der Waals surface area contributed by atoms with E-state index in [1.54, 1.807) is 13.2 Å². The molecule has 13 heavy (non-hydrogen) atoms. The molecule has 1 aromatic carbocycles. The van der Waals surface area contributed by atoms with Gasteiger partial charge in [-0.25, -0.2) is 0 Å². The SMILES string of the molecule is COc1cc(C(N)C#N)ccc1C. The number of methoxy groups -OCH3 is 1. The maximum absolute atomic E-state index is 8.61. The molecule has 0 aliphatic carbocycles. The highest BCUT2D eigenvalue weighted by molar-refractivity contribution is 5.39. The monoisotopic (exact) mass is 176 g/mol. The molecule has 3 heteroatoms. The number of hydrogen-bond donors (Lipinski definition) is 1. The molecule has 0 amide bonds. The van der Waals surface area contributed by atoms with Crippen molar-refractivity contribution in [3.05, 3.63) is 29.3 Å². The van der Waals surface area contributed by atoms with Crippen molar-refractivity contribution in [3.8, 4) is 11.8 Å². The van der Waals surface area contributed by atoms with Crippen LogP contribution in [0.5, 0.6) is 5.75 Å². The minimum atomic E-state index is -0.575. The van der Waals surface area contributed by atoms with Crippen molar-refractivity contribution >= 4 is 0 Å². The molecule has 0 saturated heterocycles. The first kappa shape index (κ1) is 9.56. The number of rotatable bonds is 2. The minimum Gasteiger partial charge on any atom is -0.496 e. The fourth-order valence-corrected chi connectivity index (χ4v) is 1.10. The maximum atomic E-state index is 8.61. The van der Waals surface area contributed by atoms with E-state index in [2.05, 4.69) is 0 Å². The molecule has 1 atom stereocenters. The van der Waals surface area contributed by atoms with Crippen LogP contribution < -0.4 is 10.5 Å². The van der Waals surface area contributed by atoms with Crippen molar-refractivity contribution in [2.75, 3.05) is 7.11 Å². The first-order valence-corrected chi connectivity index (χ1v) is 3.98. The Morgan fingerprint density at radius 3 is 2.77 bits per heavy atom. The highest BCUT2D eigenvalue weighted by Crippen LogP contribution is 2.21. The second-order valence-electron chi connectivity index (χ2n) is 2.84. The summed E-state index contributed by atoms with van der Waals surface area (Å²) in [7, 11) is 1.60. The van der Waals surface area contributed by atoms with Crippen molar-refractivity contribution in [3.63, 3.8) is 0 Å². The van der Waals surface area contributed by atoms with Crippen LogP contribution in [-0.4, -0.2) is 7.11 Å². The van der Waals surface area contributed by atoms with Gasteiger partial charge >= 0.3 is 0 Å². The van der Waals surface area contributed by atoms with Crippen molar-refractivity contribution in [2.45, 2.75) is 13.0 Å². The van der Waals surface area contributed by atoms with Gasteiger partial charge in [0.1, 0.15) is 11.8 Å². The summed E-state index contributed by atoms with van der Waals surface area (Å²) >= 11 is 0. The zero-order valence-corrected chi connectivity index (χ0v) is 7.74. The lowest BCUT2D eigenvalue weighted by Gasteiger charge is -2.08. The van der Waals surface area contributed by atoms with Gasteiger partial charge in [-0.15, -0.1) is 0 Å². The van der Waals surface area contributed by atoms with E-state index in [4.69, 9.17) is 15.7 Å². The molecule has 0 radical (unpaired) electrons. The van der Waals surface area contributed by atoms with Crippen LogP contribution >= 0.6 is 0 Å². The van der Waals surface area contributed by atoms with Crippen LogP contribution in [0.4, 0.5) is 0 Å². The Hall–Kier alpha value is -1.53. The molecular weight excluding hydrogens is 164 g/mol. The topological polar surface area (TPSA) is 59.0 Å². The molecule has 68 valence electrons. The van der Waals surface area contributed by atoms with E-state index in [-0.39, 0.29) is 0 Å². The molecule has 1 rings (SSSR count). The highest BCUT2D eigenvalue weighted by atomic mass is 16.5. The number of aryl methyl sites for hydroxylation is 1. The van der Waals surface area contributed by atoms with E-state index < -0.39 is 6.04 Å². The largest absolute Gasteiger partial charge is 0.496 e. The van der Waals surface area contributed by atoms with E-state index in [1.165, 1.54) is 0 Å². The van der Waals surface area contributed by atoms with E-state index >= 15 is 0 Å². The Morgan fingerprint density at radius 2 is 2.23 bits per heavy atom. The van der Waals surface area contributed by atoms with Crippen molar-refractivity contribution in [1.82, 2.24) is 0 Å². The molecule has 0 spiro atoms. The van der Waals surface area contributed by atoms with Crippen molar-refractivity contribution < 1.29 is 4.74 Å². The van der Waals surface area contributed by atoms with E-state index in [0.29, 0.717) is 0 Å². The highest BCUT2D eigenvalue weighted by Gasteiger charge is 2.06. The summed E-state index contributed by atoms with van der Waals surface area (Å²) in [6.07, 6.45) is 0. The van der Waals surface area contributed by atoms with Gasteiger partial charge in [-0.05, 0) is 24.1 Å².